The number of benzene rings is 1. The van der Waals surface area contributed by atoms with E-state index < -0.39 is 22.5 Å². The number of rotatable bonds is 5. The van der Waals surface area contributed by atoms with Crippen LogP contribution in [0.5, 0.6) is 0 Å². The molecule has 17 heavy (non-hydrogen) atoms. The molecule has 0 bridgehead atoms. The zero-order valence-electron chi connectivity index (χ0n) is 9.14. The van der Waals surface area contributed by atoms with Gasteiger partial charge in [0.15, 0.2) is 5.78 Å². The summed E-state index contributed by atoms with van der Waals surface area (Å²) < 4.78 is 25.4. The fourth-order valence-electron chi connectivity index (χ4n) is 1.13. The van der Waals surface area contributed by atoms with Crippen molar-refractivity contribution in [2.45, 2.75) is 11.8 Å². The molecule has 1 amide bonds. The second kappa shape index (κ2) is 5.07. The molecule has 0 saturated heterocycles. The Morgan fingerprint density at radius 3 is 2.53 bits per heavy atom. The molecular formula is C10H12N2O4S. The lowest BCUT2D eigenvalue weighted by molar-refractivity contribution is -0.116. The highest BCUT2D eigenvalue weighted by atomic mass is 32.2. The zero-order valence-corrected chi connectivity index (χ0v) is 9.95. The van der Waals surface area contributed by atoms with Gasteiger partial charge < -0.3 is 5.73 Å². The summed E-state index contributed by atoms with van der Waals surface area (Å²) in [6.45, 7) is 0.856. The Balaban J connectivity index is 3.03. The van der Waals surface area contributed by atoms with Crippen LogP contribution in [0.25, 0.3) is 0 Å². The van der Waals surface area contributed by atoms with Gasteiger partial charge in [-0.15, -0.1) is 0 Å². The zero-order chi connectivity index (χ0) is 13.1. The van der Waals surface area contributed by atoms with Crippen LogP contribution in [-0.4, -0.2) is 26.7 Å². The van der Waals surface area contributed by atoms with Crippen LogP contribution >= 0.6 is 0 Å². The van der Waals surface area contributed by atoms with Gasteiger partial charge in [0.05, 0.1) is 11.4 Å². The molecule has 0 aliphatic carbocycles. The first-order valence-electron chi connectivity index (χ1n) is 4.72. The van der Waals surface area contributed by atoms with Crippen LogP contribution in [0.1, 0.15) is 17.3 Å². The highest BCUT2D eigenvalue weighted by Gasteiger charge is 2.15. The van der Waals surface area contributed by atoms with E-state index in [-0.39, 0.29) is 16.2 Å². The Bertz CT molecular complexity index is 551. The fourth-order valence-corrected chi connectivity index (χ4v) is 2.17. The van der Waals surface area contributed by atoms with Gasteiger partial charge in [-0.05, 0) is 19.1 Å². The molecule has 0 fully saturated rings. The number of carbonyl (C=O) groups is 2. The monoisotopic (exact) mass is 256 g/mol. The lowest BCUT2D eigenvalue weighted by Crippen LogP contribution is -2.33. The number of hydrogen-bond donors (Lipinski definition) is 2. The van der Waals surface area contributed by atoms with Gasteiger partial charge in [0, 0.05) is 5.56 Å². The number of primary amides is 1. The number of amides is 1. The third-order valence-corrected chi connectivity index (χ3v) is 3.39. The number of nitrogens with one attached hydrogen (secondary N) is 1. The predicted molar refractivity (Wildman–Crippen MR) is 60.8 cm³/mol. The molecule has 0 aliphatic heterocycles. The molecule has 0 atom stereocenters. The number of Topliss-reactive ketones (excluding diaryl/α,β-unsaturated/α-hetero) is 1. The van der Waals surface area contributed by atoms with Crippen LogP contribution in [0.2, 0.25) is 0 Å². The maximum atomic E-state index is 11.7. The van der Waals surface area contributed by atoms with Crippen LogP contribution in [0, 0.1) is 0 Å². The van der Waals surface area contributed by atoms with E-state index >= 15 is 0 Å². The number of carbonyl (C=O) groups excluding carboxylic acids is 2. The minimum atomic E-state index is -3.81. The van der Waals surface area contributed by atoms with Gasteiger partial charge in [-0.2, -0.15) is 0 Å². The molecule has 92 valence electrons. The average Bonchev–Trinajstić information content (AvgIpc) is 2.27. The van der Waals surface area contributed by atoms with E-state index in [0.717, 1.165) is 0 Å². The highest BCUT2D eigenvalue weighted by molar-refractivity contribution is 7.89. The van der Waals surface area contributed by atoms with Crippen molar-refractivity contribution in [3.05, 3.63) is 29.8 Å². The van der Waals surface area contributed by atoms with Crippen molar-refractivity contribution in [3.63, 3.8) is 0 Å². The summed E-state index contributed by atoms with van der Waals surface area (Å²) in [5, 5.41) is 0. The second-order valence-corrected chi connectivity index (χ2v) is 5.14. The number of ketones is 1. The summed E-state index contributed by atoms with van der Waals surface area (Å²) in [5.74, 6) is -1.02. The summed E-state index contributed by atoms with van der Waals surface area (Å²) in [6, 6.07) is 5.53. The van der Waals surface area contributed by atoms with E-state index in [4.69, 9.17) is 5.73 Å². The Hall–Kier alpha value is -1.73. The van der Waals surface area contributed by atoms with Crippen molar-refractivity contribution < 1.29 is 18.0 Å². The third-order valence-electron chi connectivity index (χ3n) is 1.99. The van der Waals surface area contributed by atoms with E-state index in [0.29, 0.717) is 0 Å². The molecule has 0 spiro atoms. The molecule has 3 N–H and O–H groups in total. The van der Waals surface area contributed by atoms with E-state index in [1.165, 1.54) is 31.2 Å². The second-order valence-electron chi connectivity index (χ2n) is 3.37. The van der Waals surface area contributed by atoms with Gasteiger partial charge in [0.25, 0.3) is 0 Å². The maximum Gasteiger partial charge on any atom is 0.241 e. The lowest BCUT2D eigenvalue weighted by Gasteiger charge is -2.05. The topological polar surface area (TPSA) is 106 Å². The Kier molecular flexibility index (Phi) is 3.97. The van der Waals surface area contributed by atoms with Crippen LogP contribution in [0.15, 0.2) is 29.2 Å². The molecule has 0 radical (unpaired) electrons. The van der Waals surface area contributed by atoms with Crippen LogP contribution in [-0.2, 0) is 14.8 Å². The molecule has 0 unspecified atom stereocenters. The predicted octanol–water partition coefficient (Wildman–Crippen LogP) is -0.347. The van der Waals surface area contributed by atoms with Crippen molar-refractivity contribution in [2.75, 3.05) is 6.54 Å². The smallest absolute Gasteiger partial charge is 0.241 e. The Morgan fingerprint density at radius 2 is 2.00 bits per heavy atom. The van der Waals surface area contributed by atoms with Crippen molar-refractivity contribution in [1.29, 1.82) is 0 Å². The van der Waals surface area contributed by atoms with Crippen molar-refractivity contribution in [1.82, 2.24) is 4.72 Å². The Labute approximate surface area is 98.9 Å². The molecule has 0 aromatic heterocycles. The molecule has 7 heteroatoms. The number of sulfonamides is 1. The van der Waals surface area contributed by atoms with Gasteiger partial charge in [0.2, 0.25) is 15.9 Å². The standard InChI is InChI=1S/C10H12N2O4S/c1-7(13)8-3-2-4-9(5-8)17(15,16)12-6-10(11)14/h2-5,12H,6H2,1H3,(H2,11,14). The van der Waals surface area contributed by atoms with E-state index in [9.17, 15) is 18.0 Å². The minimum absolute atomic E-state index is 0.0774. The number of nitrogens with two attached hydrogens (primary N) is 1. The summed E-state index contributed by atoms with van der Waals surface area (Å²) >= 11 is 0. The first-order chi connectivity index (χ1) is 7.83. The molecule has 1 aromatic rings. The number of hydrogen-bond acceptors (Lipinski definition) is 4. The van der Waals surface area contributed by atoms with Gasteiger partial charge in [0.1, 0.15) is 0 Å². The molecule has 0 heterocycles. The van der Waals surface area contributed by atoms with Gasteiger partial charge in [-0.3, -0.25) is 9.59 Å². The molecule has 6 nitrogen and oxygen atoms in total. The van der Waals surface area contributed by atoms with Gasteiger partial charge >= 0.3 is 0 Å². The van der Waals surface area contributed by atoms with E-state index in [1.807, 2.05) is 4.72 Å². The third kappa shape index (κ3) is 3.65. The molecule has 0 saturated carbocycles. The van der Waals surface area contributed by atoms with Gasteiger partial charge in [-0.1, -0.05) is 12.1 Å². The highest BCUT2D eigenvalue weighted by Crippen LogP contribution is 2.11. The van der Waals surface area contributed by atoms with Crippen LogP contribution < -0.4 is 10.5 Å². The van der Waals surface area contributed by atoms with Crippen molar-refractivity contribution in [3.8, 4) is 0 Å². The lowest BCUT2D eigenvalue weighted by atomic mass is 10.2. The van der Waals surface area contributed by atoms with Crippen molar-refractivity contribution >= 4 is 21.7 Å². The summed E-state index contributed by atoms with van der Waals surface area (Å²) in [6.07, 6.45) is 0. The fraction of sp³-hybridized carbons (Fsp3) is 0.200. The Morgan fingerprint density at radius 1 is 1.35 bits per heavy atom. The van der Waals surface area contributed by atoms with Gasteiger partial charge in [-0.25, -0.2) is 13.1 Å². The molecule has 1 rings (SSSR count). The maximum absolute atomic E-state index is 11.7. The summed E-state index contributed by atoms with van der Waals surface area (Å²) in [4.78, 5) is 21.5. The minimum Gasteiger partial charge on any atom is -0.369 e. The molecule has 1 aromatic carbocycles. The van der Waals surface area contributed by atoms with Crippen molar-refractivity contribution in [2.24, 2.45) is 5.73 Å². The van der Waals surface area contributed by atoms with E-state index in [1.54, 1.807) is 0 Å². The van der Waals surface area contributed by atoms with Crippen LogP contribution in [0.4, 0.5) is 0 Å². The average molecular weight is 256 g/mol. The SMILES string of the molecule is CC(=O)c1cccc(S(=O)(=O)NCC(N)=O)c1. The normalized spacial score (nSPS) is 11.1. The van der Waals surface area contributed by atoms with Crippen LogP contribution in [0.3, 0.4) is 0 Å². The molecule has 0 aliphatic rings. The first kappa shape index (κ1) is 13.3. The summed E-state index contributed by atoms with van der Waals surface area (Å²) in [7, 11) is -3.81. The first-order valence-corrected chi connectivity index (χ1v) is 6.20. The largest absolute Gasteiger partial charge is 0.369 e. The van der Waals surface area contributed by atoms with E-state index in [2.05, 4.69) is 0 Å². The quantitative estimate of drug-likeness (QED) is 0.702. The molecular weight excluding hydrogens is 244 g/mol. The summed E-state index contributed by atoms with van der Waals surface area (Å²) in [5.41, 5.74) is 5.12.